The van der Waals surface area contributed by atoms with Gasteiger partial charge < -0.3 is 0 Å². The summed E-state index contributed by atoms with van der Waals surface area (Å²) in [7, 11) is 14.1. The fourth-order valence-corrected chi connectivity index (χ4v) is 9.50. The molecule has 0 atom stereocenters. The van der Waals surface area contributed by atoms with Crippen LogP contribution >= 0.6 is 29.6 Å². The molecule has 0 saturated carbocycles. The molecule has 0 aromatic heterocycles. The summed E-state index contributed by atoms with van der Waals surface area (Å²) in [6, 6.07) is 0. The molecule has 10 heavy (non-hydrogen) atoms. The summed E-state index contributed by atoms with van der Waals surface area (Å²) >= 11 is -0.713. The third kappa shape index (κ3) is 6.40. The van der Waals surface area contributed by atoms with Crippen LogP contribution in [0.3, 0.4) is 0 Å². The number of hydrogen-bond donors (Lipinski definition) is 1. The third-order valence-corrected chi connectivity index (χ3v) is 18.5. The van der Waals surface area contributed by atoms with Crippen molar-refractivity contribution in [2.75, 3.05) is 16.7 Å². The zero-order chi connectivity index (χ0) is 8.04. The van der Waals surface area contributed by atoms with Gasteiger partial charge in [-0.25, -0.2) is 0 Å². The van der Waals surface area contributed by atoms with E-state index >= 15 is 0 Å². The fraction of sp³-hybridized carbons (Fsp3) is 1.00. The average Bonchev–Trinajstić information content (AvgIpc) is 1.89. The predicted molar refractivity (Wildman–Crippen MR) is 54.3 cm³/mol. The molecule has 0 unspecified atom stereocenters. The van der Waals surface area contributed by atoms with Crippen LogP contribution < -0.4 is 5.32 Å². The summed E-state index contributed by atoms with van der Waals surface area (Å²) in [5, 5.41) is 3.04. The predicted octanol–water partition coefficient (Wildman–Crippen LogP) is 2.38. The first-order valence-corrected chi connectivity index (χ1v) is 15.6. The molecule has 5 heteroatoms. The molecule has 0 aliphatic rings. The minimum atomic E-state index is -2.52. The Labute approximate surface area is 78.5 Å². The van der Waals surface area contributed by atoms with Crippen LogP contribution in [0.5, 0.6) is 0 Å². The van der Waals surface area contributed by atoms with Gasteiger partial charge in [-0.05, 0) is 0 Å². The van der Waals surface area contributed by atoms with Crippen LogP contribution in [0, 0.1) is 0 Å². The van der Waals surface area contributed by atoms with E-state index < -0.39 is 16.1 Å². The van der Waals surface area contributed by atoms with Crippen molar-refractivity contribution in [2.45, 2.75) is 11.4 Å². The zero-order valence-electron chi connectivity index (χ0n) is 6.29. The Kier molecular flexibility index (Phi) is 7.28. The van der Waals surface area contributed by atoms with Crippen molar-refractivity contribution in [2.24, 2.45) is 0 Å². The number of nitrogens with one attached hydrogen (secondary N) is 1. The van der Waals surface area contributed by atoms with Gasteiger partial charge in [0.1, 0.15) is 0 Å². The Hall–Kier alpha value is 1.69. The standard InChI is InChI=1S/C3H8NS.C2H5.2ClH.Sn/c1-4-3-5-2;1-2;;;/h4H,2-3H2,1H3;1H2,2H3;2*1H;/q;;;;+2/p-2. The molecular formula is C5H13Cl2NSSn. The second-order valence-electron chi connectivity index (χ2n) is 2.06. The quantitative estimate of drug-likeness (QED) is 0.475. The first kappa shape index (κ1) is 11.7. The average molecular weight is 309 g/mol. The van der Waals surface area contributed by atoms with E-state index in [0.29, 0.717) is 0 Å². The summed E-state index contributed by atoms with van der Waals surface area (Å²) in [6.07, 6.45) is 0. The van der Waals surface area contributed by atoms with E-state index in [9.17, 15) is 0 Å². The molecule has 0 spiro atoms. The Balaban J connectivity index is 3.28. The number of halogens is 2. The Bertz CT molecular complexity index is 91.7. The van der Waals surface area contributed by atoms with E-state index in [4.69, 9.17) is 17.8 Å². The maximum atomic E-state index is 6.08. The number of thioether (sulfide) groups is 1. The van der Waals surface area contributed by atoms with Gasteiger partial charge in [0.25, 0.3) is 0 Å². The monoisotopic (exact) mass is 309 g/mol. The Morgan fingerprint density at radius 3 is 2.50 bits per heavy atom. The molecule has 0 rings (SSSR count). The number of hydrogen-bond acceptors (Lipinski definition) is 2. The maximum absolute atomic E-state index is 6.08. The van der Waals surface area contributed by atoms with Crippen LogP contribution in [0.2, 0.25) is 4.44 Å². The topological polar surface area (TPSA) is 12.0 Å². The van der Waals surface area contributed by atoms with E-state index in [1.165, 1.54) is 0 Å². The van der Waals surface area contributed by atoms with Crippen molar-refractivity contribution in [1.82, 2.24) is 5.32 Å². The van der Waals surface area contributed by atoms with E-state index in [1.54, 1.807) is 11.8 Å². The van der Waals surface area contributed by atoms with Crippen molar-refractivity contribution in [3.05, 3.63) is 0 Å². The summed E-state index contributed by atoms with van der Waals surface area (Å²) in [4.78, 5) is 0. The normalized spacial score (nSPS) is 12.0. The summed E-state index contributed by atoms with van der Waals surface area (Å²) in [5.74, 6) is 0.956. The van der Waals surface area contributed by atoms with Gasteiger partial charge in [0.15, 0.2) is 0 Å². The summed E-state index contributed by atoms with van der Waals surface area (Å²) in [6.45, 7) is 2.08. The fourth-order valence-electron chi connectivity index (χ4n) is 0.404. The Morgan fingerprint density at radius 2 is 2.10 bits per heavy atom. The second-order valence-corrected chi connectivity index (χ2v) is 23.4. The van der Waals surface area contributed by atoms with Crippen molar-refractivity contribution in [1.29, 1.82) is 0 Å². The van der Waals surface area contributed by atoms with E-state index in [0.717, 1.165) is 14.1 Å². The first-order chi connectivity index (χ1) is 4.62. The molecule has 0 aliphatic carbocycles. The molecule has 0 bridgehead atoms. The second kappa shape index (κ2) is 6.23. The van der Waals surface area contributed by atoms with Crippen molar-refractivity contribution < 1.29 is 0 Å². The van der Waals surface area contributed by atoms with Gasteiger partial charge in [-0.1, -0.05) is 0 Å². The van der Waals surface area contributed by atoms with Crippen LogP contribution in [0.1, 0.15) is 6.92 Å². The SMILES string of the molecule is C[CH2][Sn]([Cl])([Cl])[CH2]SCNC. The first-order valence-electron chi connectivity index (χ1n) is 3.22. The minimum absolute atomic E-state index is 0.956. The molecule has 0 aromatic carbocycles. The van der Waals surface area contributed by atoms with Gasteiger partial charge in [-0.3, -0.25) is 0 Å². The summed E-state index contributed by atoms with van der Waals surface area (Å²) < 4.78 is 2.00. The van der Waals surface area contributed by atoms with Crippen molar-refractivity contribution in [3.63, 3.8) is 0 Å². The van der Waals surface area contributed by atoms with Gasteiger partial charge in [-0.2, -0.15) is 0 Å². The zero-order valence-corrected chi connectivity index (χ0v) is 11.5. The molecule has 0 radical (unpaired) electrons. The van der Waals surface area contributed by atoms with Gasteiger partial charge in [-0.15, -0.1) is 0 Å². The van der Waals surface area contributed by atoms with E-state index in [1.807, 2.05) is 7.05 Å². The van der Waals surface area contributed by atoms with E-state index in [2.05, 4.69) is 12.2 Å². The molecule has 1 N–H and O–H groups in total. The van der Waals surface area contributed by atoms with Crippen molar-refractivity contribution >= 4 is 45.7 Å². The molecule has 0 fully saturated rings. The van der Waals surface area contributed by atoms with Gasteiger partial charge >= 0.3 is 79.1 Å². The van der Waals surface area contributed by atoms with Crippen LogP contribution in [-0.2, 0) is 0 Å². The van der Waals surface area contributed by atoms with Gasteiger partial charge in [0, 0.05) is 0 Å². The van der Waals surface area contributed by atoms with Crippen LogP contribution in [-0.4, -0.2) is 32.8 Å². The van der Waals surface area contributed by atoms with Crippen molar-refractivity contribution in [3.8, 4) is 0 Å². The van der Waals surface area contributed by atoms with E-state index in [-0.39, 0.29) is 0 Å². The van der Waals surface area contributed by atoms with Crippen LogP contribution in [0.4, 0.5) is 0 Å². The Morgan fingerprint density at radius 1 is 1.50 bits per heavy atom. The molecule has 0 amide bonds. The third-order valence-electron chi connectivity index (χ3n) is 1.08. The molecule has 0 aliphatic heterocycles. The van der Waals surface area contributed by atoms with Gasteiger partial charge in [0.2, 0.25) is 0 Å². The van der Waals surface area contributed by atoms with Gasteiger partial charge in [0.05, 0.1) is 0 Å². The summed E-state index contributed by atoms with van der Waals surface area (Å²) in [5.41, 5.74) is 0. The molecule has 1 nitrogen and oxygen atoms in total. The molecule has 0 aromatic rings. The molecular weight excluding hydrogens is 296 g/mol. The number of rotatable bonds is 5. The van der Waals surface area contributed by atoms with Crippen LogP contribution in [0.15, 0.2) is 0 Å². The molecule has 62 valence electrons. The molecule has 0 saturated heterocycles. The molecule has 0 heterocycles. The van der Waals surface area contributed by atoms with Crippen LogP contribution in [0.25, 0.3) is 0 Å².